The van der Waals surface area contributed by atoms with Gasteiger partial charge in [-0.05, 0) is 18.6 Å². The van der Waals surface area contributed by atoms with E-state index in [1.807, 2.05) is 6.92 Å². The standard InChI is InChI=1S/C13H20N2O4S/c1-3-9-15(12-7-5-4-6-11(12)14)20(17,18)10-8-13(16)19-2/h4-7H,3,8-10,14H2,1-2H3. The molecule has 0 aliphatic carbocycles. The summed E-state index contributed by atoms with van der Waals surface area (Å²) in [6.07, 6.45) is 0.470. The van der Waals surface area contributed by atoms with Crippen LogP contribution in [0.1, 0.15) is 19.8 Å². The molecule has 0 saturated heterocycles. The number of esters is 1. The first-order chi connectivity index (χ1) is 9.42. The number of methoxy groups -OCH3 is 1. The van der Waals surface area contributed by atoms with Gasteiger partial charge >= 0.3 is 5.97 Å². The summed E-state index contributed by atoms with van der Waals surface area (Å²) < 4.78 is 30.4. The van der Waals surface area contributed by atoms with Crippen LogP contribution in [-0.4, -0.2) is 33.8 Å². The predicted octanol–water partition coefficient (Wildman–Crippen LogP) is 1.38. The van der Waals surface area contributed by atoms with Gasteiger partial charge in [0.1, 0.15) is 0 Å². The van der Waals surface area contributed by atoms with E-state index in [2.05, 4.69) is 4.74 Å². The second-order valence-electron chi connectivity index (χ2n) is 4.27. The highest BCUT2D eigenvalue weighted by atomic mass is 32.2. The van der Waals surface area contributed by atoms with Crippen LogP contribution in [0, 0.1) is 0 Å². The molecule has 0 bridgehead atoms. The number of hydrogen-bond acceptors (Lipinski definition) is 5. The van der Waals surface area contributed by atoms with E-state index in [0.29, 0.717) is 24.3 Å². The highest BCUT2D eigenvalue weighted by molar-refractivity contribution is 7.92. The van der Waals surface area contributed by atoms with E-state index in [9.17, 15) is 13.2 Å². The summed E-state index contributed by atoms with van der Waals surface area (Å²) in [5, 5.41) is 0. The molecular weight excluding hydrogens is 280 g/mol. The Morgan fingerprint density at radius 1 is 1.35 bits per heavy atom. The van der Waals surface area contributed by atoms with E-state index in [1.165, 1.54) is 11.4 Å². The van der Waals surface area contributed by atoms with Gasteiger partial charge in [-0.1, -0.05) is 19.1 Å². The Balaban J connectivity index is 3.01. The summed E-state index contributed by atoms with van der Waals surface area (Å²) in [4.78, 5) is 11.1. The lowest BCUT2D eigenvalue weighted by atomic mass is 10.2. The average molecular weight is 300 g/mol. The van der Waals surface area contributed by atoms with Crippen molar-refractivity contribution in [3.05, 3.63) is 24.3 Å². The van der Waals surface area contributed by atoms with E-state index in [1.54, 1.807) is 24.3 Å². The number of para-hydroxylation sites is 2. The van der Waals surface area contributed by atoms with Gasteiger partial charge in [0.15, 0.2) is 0 Å². The zero-order valence-electron chi connectivity index (χ0n) is 11.7. The molecule has 1 rings (SSSR count). The van der Waals surface area contributed by atoms with Crippen LogP contribution in [-0.2, 0) is 19.6 Å². The molecule has 0 radical (unpaired) electrons. The van der Waals surface area contributed by atoms with Gasteiger partial charge < -0.3 is 10.5 Å². The van der Waals surface area contributed by atoms with Gasteiger partial charge in [-0.2, -0.15) is 0 Å². The number of anilines is 2. The van der Waals surface area contributed by atoms with Crippen molar-refractivity contribution >= 4 is 27.4 Å². The van der Waals surface area contributed by atoms with E-state index < -0.39 is 16.0 Å². The Bertz CT molecular complexity index is 557. The lowest BCUT2D eigenvalue weighted by molar-refractivity contribution is -0.140. The number of carbonyl (C=O) groups is 1. The van der Waals surface area contributed by atoms with Crippen molar-refractivity contribution in [2.45, 2.75) is 19.8 Å². The Morgan fingerprint density at radius 3 is 2.55 bits per heavy atom. The smallest absolute Gasteiger partial charge is 0.306 e. The lowest BCUT2D eigenvalue weighted by Gasteiger charge is -2.25. The number of carbonyl (C=O) groups excluding carboxylic acids is 1. The zero-order valence-corrected chi connectivity index (χ0v) is 12.5. The molecule has 0 aliphatic heterocycles. The first kappa shape index (κ1) is 16.3. The number of ether oxygens (including phenoxy) is 1. The van der Waals surface area contributed by atoms with E-state index >= 15 is 0 Å². The molecule has 0 aliphatic rings. The molecule has 0 saturated carbocycles. The molecule has 6 nitrogen and oxygen atoms in total. The number of hydrogen-bond donors (Lipinski definition) is 1. The molecule has 0 atom stereocenters. The Hall–Kier alpha value is -1.76. The second-order valence-corrected chi connectivity index (χ2v) is 6.29. The topological polar surface area (TPSA) is 89.7 Å². The fraction of sp³-hybridized carbons (Fsp3) is 0.462. The summed E-state index contributed by atoms with van der Waals surface area (Å²) in [7, 11) is -2.38. The molecule has 0 fully saturated rings. The lowest BCUT2D eigenvalue weighted by Crippen LogP contribution is -2.35. The summed E-state index contributed by atoms with van der Waals surface area (Å²) >= 11 is 0. The van der Waals surface area contributed by atoms with Gasteiger partial charge in [0.25, 0.3) is 0 Å². The Kier molecular flexibility index (Phi) is 5.82. The van der Waals surface area contributed by atoms with Gasteiger partial charge in [0.05, 0.1) is 30.7 Å². The third kappa shape index (κ3) is 4.12. The molecule has 1 aromatic carbocycles. The van der Waals surface area contributed by atoms with Gasteiger partial charge in [-0.25, -0.2) is 8.42 Å². The number of nitrogens with zero attached hydrogens (tertiary/aromatic N) is 1. The molecule has 112 valence electrons. The molecular formula is C13H20N2O4S. The van der Waals surface area contributed by atoms with Crippen molar-refractivity contribution in [3.8, 4) is 0 Å². The summed E-state index contributed by atoms with van der Waals surface area (Å²) in [5.41, 5.74) is 6.67. The Labute approximate surface area is 119 Å². The number of nitrogens with two attached hydrogens (primary N) is 1. The van der Waals surface area contributed by atoms with Gasteiger partial charge in [-0.3, -0.25) is 9.10 Å². The van der Waals surface area contributed by atoms with Crippen LogP contribution in [0.25, 0.3) is 0 Å². The molecule has 7 heteroatoms. The number of sulfonamides is 1. The number of benzene rings is 1. The number of nitrogen functional groups attached to an aromatic ring is 1. The van der Waals surface area contributed by atoms with Gasteiger partial charge in [-0.15, -0.1) is 0 Å². The van der Waals surface area contributed by atoms with Crippen molar-refractivity contribution in [3.63, 3.8) is 0 Å². The van der Waals surface area contributed by atoms with E-state index in [-0.39, 0.29) is 12.2 Å². The van der Waals surface area contributed by atoms with Crippen LogP contribution in [0.15, 0.2) is 24.3 Å². The maximum Gasteiger partial charge on any atom is 0.306 e. The maximum absolute atomic E-state index is 12.4. The van der Waals surface area contributed by atoms with Crippen LogP contribution < -0.4 is 10.0 Å². The molecule has 2 N–H and O–H groups in total. The monoisotopic (exact) mass is 300 g/mol. The quantitative estimate of drug-likeness (QED) is 0.607. The fourth-order valence-corrected chi connectivity index (χ4v) is 3.32. The molecule has 1 aromatic rings. The minimum absolute atomic E-state index is 0.175. The predicted molar refractivity (Wildman–Crippen MR) is 78.9 cm³/mol. The third-order valence-electron chi connectivity index (χ3n) is 2.76. The SMILES string of the molecule is CCCN(c1ccccc1N)S(=O)(=O)CCC(=O)OC. The molecule has 20 heavy (non-hydrogen) atoms. The average Bonchev–Trinajstić information content (AvgIpc) is 2.43. The van der Waals surface area contributed by atoms with Gasteiger partial charge in [0, 0.05) is 6.54 Å². The minimum Gasteiger partial charge on any atom is -0.469 e. The molecule has 0 aromatic heterocycles. The summed E-state index contributed by atoms with van der Waals surface area (Å²) in [6.45, 7) is 2.19. The number of rotatable bonds is 7. The van der Waals surface area contributed by atoms with Crippen molar-refractivity contribution in [1.29, 1.82) is 0 Å². The Morgan fingerprint density at radius 2 is 2.00 bits per heavy atom. The van der Waals surface area contributed by atoms with E-state index in [0.717, 1.165) is 0 Å². The van der Waals surface area contributed by atoms with Crippen LogP contribution in [0.4, 0.5) is 11.4 Å². The largest absolute Gasteiger partial charge is 0.469 e. The van der Waals surface area contributed by atoms with Crippen LogP contribution in [0.3, 0.4) is 0 Å². The maximum atomic E-state index is 12.4. The summed E-state index contributed by atoms with van der Waals surface area (Å²) in [5.74, 6) is -0.848. The molecule has 0 unspecified atom stereocenters. The first-order valence-corrected chi connectivity index (χ1v) is 7.95. The summed E-state index contributed by atoms with van der Waals surface area (Å²) in [6, 6.07) is 6.77. The van der Waals surface area contributed by atoms with Crippen molar-refractivity contribution in [2.75, 3.05) is 29.4 Å². The normalized spacial score (nSPS) is 11.1. The highest BCUT2D eigenvalue weighted by Gasteiger charge is 2.24. The minimum atomic E-state index is -3.61. The van der Waals surface area contributed by atoms with E-state index in [4.69, 9.17) is 5.73 Å². The highest BCUT2D eigenvalue weighted by Crippen LogP contribution is 2.25. The van der Waals surface area contributed by atoms with Crippen LogP contribution in [0.2, 0.25) is 0 Å². The molecule has 0 amide bonds. The van der Waals surface area contributed by atoms with Crippen molar-refractivity contribution < 1.29 is 17.9 Å². The van der Waals surface area contributed by atoms with Crippen molar-refractivity contribution in [2.24, 2.45) is 0 Å². The molecule has 0 heterocycles. The fourth-order valence-electron chi connectivity index (χ4n) is 1.75. The molecule has 0 spiro atoms. The third-order valence-corrected chi connectivity index (χ3v) is 4.53. The zero-order chi connectivity index (χ0) is 15.2. The van der Waals surface area contributed by atoms with Crippen LogP contribution in [0.5, 0.6) is 0 Å². The second kappa shape index (κ2) is 7.14. The van der Waals surface area contributed by atoms with Crippen LogP contribution >= 0.6 is 0 Å². The first-order valence-electron chi connectivity index (χ1n) is 6.34. The van der Waals surface area contributed by atoms with Crippen molar-refractivity contribution in [1.82, 2.24) is 0 Å². The van der Waals surface area contributed by atoms with Gasteiger partial charge in [0.2, 0.25) is 10.0 Å².